The number of hydrogen-bond acceptors (Lipinski definition) is 2. The summed E-state index contributed by atoms with van der Waals surface area (Å²) in [7, 11) is -1.40. The van der Waals surface area contributed by atoms with Crippen molar-refractivity contribution in [1.29, 1.82) is 0 Å². The molecule has 0 aliphatic heterocycles. The van der Waals surface area contributed by atoms with Crippen molar-refractivity contribution in [3.8, 4) is 11.3 Å². The van der Waals surface area contributed by atoms with Crippen LogP contribution < -0.4 is 5.19 Å². The fraction of sp³-hybridized carbons (Fsp3) is 0.323. The fourth-order valence-electron chi connectivity index (χ4n) is 5.31. The van der Waals surface area contributed by atoms with Gasteiger partial charge in [-0.1, -0.05) is 69.9 Å². The van der Waals surface area contributed by atoms with E-state index in [1.54, 1.807) is 5.19 Å². The fourth-order valence-corrected chi connectivity index (χ4v) is 8.54. The second kappa shape index (κ2) is 7.76. The zero-order valence-corrected chi connectivity index (χ0v) is 23.8. The van der Waals surface area contributed by atoms with Gasteiger partial charge in [0.2, 0.25) is 0 Å². The Hall–Kier alpha value is -2.49. The van der Waals surface area contributed by atoms with E-state index >= 15 is 0 Å². The maximum Gasteiger partial charge on any atom is 0.0880 e. The molecule has 2 heterocycles. The second-order valence-electron chi connectivity index (χ2n) is 11.9. The molecule has 0 N–H and O–H groups in total. The average Bonchev–Trinajstić information content (AvgIpc) is 3.12. The molecular formula is C31H35NSSi. The maximum absolute atomic E-state index is 4.96. The zero-order chi connectivity index (χ0) is 24.6. The smallest absolute Gasteiger partial charge is 0.0880 e. The molecule has 0 aliphatic rings. The largest absolute Gasteiger partial charge is 0.255 e. The van der Waals surface area contributed by atoms with Crippen LogP contribution in [0.4, 0.5) is 0 Å². The normalized spacial score (nSPS) is 12.9. The third-order valence-corrected chi connectivity index (χ3v) is 10.8. The van der Waals surface area contributed by atoms with Crippen molar-refractivity contribution in [2.75, 3.05) is 0 Å². The van der Waals surface area contributed by atoms with Gasteiger partial charge in [-0.05, 0) is 77.4 Å². The summed E-state index contributed by atoms with van der Waals surface area (Å²) in [5.41, 5.74) is 7.92. The Kier molecular flexibility index (Phi) is 5.31. The molecule has 0 aliphatic carbocycles. The number of thiophene rings is 1. The predicted octanol–water partition coefficient (Wildman–Crippen LogP) is 9.04. The van der Waals surface area contributed by atoms with E-state index in [0.717, 1.165) is 5.69 Å². The van der Waals surface area contributed by atoms with Crippen LogP contribution in [0.1, 0.15) is 43.0 Å². The highest BCUT2D eigenvalue weighted by molar-refractivity contribution is 7.26. The molecule has 3 aromatic carbocycles. The standard InChI is InChI=1S/C31H35NSSi/c1-18-14-21-16-22(17-26(31(4,5)6)25(21)15-19(18)2)28-30-24(12-13-32-28)23-10-11-27(34(7,8)9)20(3)29(23)33-30/h10-17H,1-9H3. The predicted molar refractivity (Wildman–Crippen MR) is 156 cm³/mol. The van der Waals surface area contributed by atoms with Gasteiger partial charge in [0.1, 0.15) is 0 Å². The van der Waals surface area contributed by atoms with Gasteiger partial charge in [-0.15, -0.1) is 11.3 Å². The Bertz CT molecular complexity index is 1590. The molecule has 5 rings (SSSR count). The molecule has 0 fully saturated rings. The van der Waals surface area contributed by atoms with Crippen molar-refractivity contribution in [3.05, 3.63) is 70.9 Å². The Balaban J connectivity index is 1.84. The Morgan fingerprint density at radius 1 is 0.765 bits per heavy atom. The topological polar surface area (TPSA) is 12.9 Å². The van der Waals surface area contributed by atoms with Crippen molar-refractivity contribution in [3.63, 3.8) is 0 Å². The summed E-state index contributed by atoms with van der Waals surface area (Å²) >= 11 is 1.92. The van der Waals surface area contributed by atoms with Crippen molar-refractivity contribution in [2.45, 2.75) is 66.6 Å². The number of aromatic nitrogens is 1. The number of fused-ring (bicyclic) bond motifs is 4. The zero-order valence-electron chi connectivity index (χ0n) is 22.0. The van der Waals surface area contributed by atoms with E-state index in [1.165, 1.54) is 58.8 Å². The first-order valence-electron chi connectivity index (χ1n) is 12.2. The summed E-state index contributed by atoms with van der Waals surface area (Å²) in [5, 5.41) is 6.92. The summed E-state index contributed by atoms with van der Waals surface area (Å²) in [6.07, 6.45) is 1.99. The van der Waals surface area contributed by atoms with Crippen LogP contribution in [0, 0.1) is 20.8 Å². The minimum absolute atomic E-state index is 0.0485. The molecule has 3 heteroatoms. The summed E-state index contributed by atoms with van der Waals surface area (Å²) in [6, 6.07) is 16.4. The molecule has 0 saturated heterocycles. The molecule has 2 aromatic heterocycles. The van der Waals surface area contributed by atoms with Crippen molar-refractivity contribution < 1.29 is 0 Å². The highest BCUT2D eigenvalue weighted by Crippen LogP contribution is 2.42. The van der Waals surface area contributed by atoms with Crippen LogP contribution in [0.25, 0.3) is 42.2 Å². The average molecular weight is 482 g/mol. The van der Waals surface area contributed by atoms with Crippen molar-refractivity contribution >= 4 is 55.5 Å². The number of rotatable bonds is 2. The lowest BCUT2D eigenvalue weighted by Gasteiger charge is -2.23. The Morgan fingerprint density at radius 2 is 1.44 bits per heavy atom. The molecule has 0 unspecified atom stereocenters. The van der Waals surface area contributed by atoms with Crippen molar-refractivity contribution in [1.82, 2.24) is 4.98 Å². The monoisotopic (exact) mass is 481 g/mol. The molecule has 0 radical (unpaired) electrons. The molecule has 5 aromatic rings. The minimum atomic E-state index is -1.40. The first-order valence-corrected chi connectivity index (χ1v) is 16.5. The number of hydrogen-bond donors (Lipinski definition) is 0. The SMILES string of the molecule is Cc1cc2cc(-c3nccc4c3sc3c(C)c([Si](C)(C)C)ccc34)cc(C(C)(C)C)c2cc1C. The first-order chi connectivity index (χ1) is 15.9. The minimum Gasteiger partial charge on any atom is -0.255 e. The highest BCUT2D eigenvalue weighted by atomic mass is 32.1. The lowest BCUT2D eigenvalue weighted by atomic mass is 9.81. The van der Waals surface area contributed by atoms with Gasteiger partial charge >= 0.3 is 0 Å². The van der Waals surface area contributed by atoms with Crippen LogP contribution in [0.15, 0.2) is 48.7 Å². The van der Waals surface area contributed by atoms with Crippen LogP contribution in [0.3, 0.4) is 0 Å². The third-order valence-electron chi connectivity index (χ3n) is 7.26. The van der Waals surface area contributed by atoms with E-state index in [-0.39, 0.29) is 5.41 Å². The molecule has 0 amide bonds. The van der Waals surface area contributed by atoms with E-state index in [9.17, 15) is 0 Å². The van der Waals surface area contributed by atoms with Crippen LogP contribution >= 0.6 is 11.3 Å². The van der Waals surface area contributed by atoms with Crippen LogP contribution in [0.2, 0.25) is 19.6 Å². The van der Waals surface area contributed by atoms with E-state index in [1.807, 2.05) is 17.5 Å². The van der Waals surface area contributed by atoms with E-state index in [4.69, 9.17) is 4.98 Å². The summed E-state index contributed by atoms with van der Waals surface area (Å²) in [4.78, 5) is 4.96. The maximum atomic E-state index is 4.96. The summed E-state index contributed by atoms with van der Waals surface area (Å²) in [5.74, 6) is 0. The van der Waals surface area contributed by atoms with Gasteiger partial charge < -0.3 is 0 Å². The van der Waals surface area contributed by atoms with Crippen LogP contribution in [0.5, 0.6) is 0 Å². The van der Waals surface area contributed by atoms with E-state index in [2.05, 4.69) is 104 Å². The van der Waals surface area contributed by atoms with Gasteiger partial charge in [-0.25, -0.2) is 0 Å². The molecule has 0 bridgehead atoms. The highest BCUT2D eigenvalue weighted by Gasteiger charge is 2.23. The summed E-state index contributed by atoms with van der Waals surface area (Å²) < 4.78 is 2.73. The van der Waals surface area contributed by atoms with Gasteiger partial charge in [0.15, 0.2) is 0 Å². The number of benzene rings is 3. The third kappa shape index (κ3) is 3.70. The molecule has 174 valence electrons. The Morgan fingerprint density at radius 3 is 2.12 bits per heavy atom. The number of nitrogens with zero attached hydrogens (tertiary/aromatic N) is 1. The lowest BCUT2D eigenvalue weighted by Crippen LogP contribution is -2.39. The van der Waals surface area contributed by atoms with Crippen LogP contribution in [-0.2, 0) is 5.41 Å². The molecule has 1 nitrogen and oxygen atoms in total. The molecule has 0 spiro atoms. The molecule has 0 saturated carbocycles. The van der Waals surface area contributed by atoms with Gasteiger partial charge in [0.05, 0.1) is 18.5 Å². The summed E-state index contributed by atoms with van der Waals surface area (Å²) in [6.45, 7) is 21.0. The molecule has 34 heavy (non-hydrogen) atoms. The lowest BCUT2D eigenvalue weighted by molar-refractivity contribution is 0.596. The van der Waals surface area contributed by atoms with Crippen LogP contribution in [-0.4, -0.2) is 13.1 Å². The van der Waals surface area contributed by atoms with E-state index in [0.29, 0.717) is 0 Å². The number of aryl methyl sites for hydroxylation is 3. The van der Waals surface area contributed by atoms with Gasteiger partial charge in [-0.3, -0.25) is 4.98 Å². The van der Waals surface area contributed by atoms with Crippen molar-refractivity contribution in [2.24, 2.45) is 0 Å². The van der Waals surface area contributed by atoms with Gasteiger partial charge in [-0.2, -0.15) is 0 Å². The quantitative estimate of drug-likeness (QED) is 0.229. The van der Waals surface area contributed by atoms with Gasteiger partial charge in [0.25, 0.3) is 0 Å². The Labute approximate surface area is 208 Å². The molecular weight excluding hydrogens is 447 g/mol. The molecule has 0 atom stereocenters. The second-order valence-corrected chi connectivity index (χ2v) is 18.0. The van der Waals surface area contributed by atoms with Gasteiger partial charge in [0, 0.05) is 27.2 Å². The van der Waals surface area contributed by atoms with E-state index < -0.39 is 8.07 Å². The number of pyridine rings is 1. The first kappa shape index (κ1) is 23.3.